The van der Waals surface area contributed by atoms with Gasteiger partial charge in [0.1, 0.15) is 5.82 Å². The second-order valence-electron chi connectivity index (χ2n) is 7.27. The zero-order valence-corrected chi connectivity index (χ0v) is 16.3. The highest BCUT2D eigenvalue weighted by atomic mass is 79.9. The van der Waals surface area contributed by atoms with E-state index in [2.05, 4.69) is 21.2 Å². The number of nitrogens with one attached hydrogen (secondary N) is 1. The summed E-state index contributed by atoms with van der Waals surface area (Å²) in [7, 11) is 0. The SMILES string of the molecule is O=C(NC1CC1)c1ccc(CN(C(=O)c2cc(F)cc(Br)c2)C2CC2)cc1. The molecule has 0 aliphatic heterocycles. The summed E-state index contributed by atoms with van der Waals surface area (Å²) in [4.78, 5) is 26.8. The molecule has 4 nitrogen and oxygen atoms in total. The van der Waals surface area contributed by atoms with Crippen molar-refractivity contribution in [3.8, 4) is 0 Å². The van der Waals surface area contributed by atoms with E-state index in [1.54, 1.807) is 23.1 Å². The van der Waals surface area contributed by atoms with Crippen LogP contribution in [0.1, 0.15) is 52.0 Å². The van der Waals surface area contributed by atoms with Crippen LogP contribution in [-0.2, 0) is 6.54 Å². The maximum atomic E-state index is 13.7. The minimum Gasteiger partial charge on any atom is -0.349 e. The summed E-state index contributed by atoms with van der Waals surface area (Å²) < 4.78 is 14.2. The summed E-state index contributed by atoms with van der Waals surface area (Å²) in [6.07, 6.45) is 4.03. The van der Waals surface area contributed by atoms with Gasteiger partial charge < -0.3 is 10.2 Å². The number of halogens is 2. The standard InChI is InChI=1S/C21H20BrFN2O2/c22-16-9-15(10-17(23)11-16)21(27)25(19-7-8-19)12-13-1-3-14(4-2-13)20(26)24-18-5-6-18/h1-4,9-11,18-19H,5-8,12H2,(H,24,26). The maximum absolute atomic E-state index is 13.7. The van der Waals surface area contributed by atoms with Crippen LogP contribution in [-0.4, -0.2) is 28.8 Å². The highest BCUT2D eigenvalue weighted by Crippen LogP contribution is 2.30. The van der Waals surface area contributed by atoms with Crippen molar-refractivity contribution in [3.63, 3.8) is 0 Å². The minimum absolute atomic E-state index is 0.0520. The van der Waals surface area contributed by atoms with Gasteiger partial charge in [0.05, 0.1) is 0 Å². The lowest BCUT2D eigenvalue weighted by Gasteiger charge is -2.23. The molecule has 0 aromatic heterocycles. The van der Waals surface area contributed by atoms with Gasteiger partial charge in [-0.2, -0.15) is 0 Å². The highest BCUT2D eigenvalue weighted by Gasteiger charge is 2.33. The van der Waals surface area contributed by atoms with Gasteiger partial charge in [-0.05, 0) is 61.6 Å². The molecule has 2 aliphatic carbocycles. The molecule has 2 saturated carbocycles. The number of hydrogen-bond donors (Lipinski definition) is 1. The average Bonchev–Trinajstić information content (AvgIpc) is 3.53. The van der Waals surface area contributed by atoms with Crippen molar-refractivity contribution in [1.29, 1.82) is 0 Å². The number of amides is 2. The first-order valence-electron chi connectivity index (χ1n) is 9.16. The Bertz CT molecular complexity index is 856. The molecular weight excluding hydrogens is 411 g/mol. The van der Waals surface area contributed by atoms with Crippen LogP contribution in [0.3, 0.4) is 0 Å². The summed E-state index contributed by atoms with van der Waals surface area (Å²) in [5, 5.41) is 2.97. The molecule has 140 valence electrons. The molecule has 2 amide bonds. The third-order valence-corrected chi connectivity index (χ3v) is 5.30. The van der Waals surface area contributed by atoms with Crippen molar-refractivity contribution in [3.05, 3.63) is 69.4 Å². The first-order valence-corrected chi connectivity index (χ1v) is 9.96. The fraction of sp³-hybridized carbons (Fsp3) is 0.333. The summed E-state index contributed by atoms with van der Waals surface area (Å²) in [5.74, 6) is -0.661. The van der Waals surface area contributed by atoms with Crippen molar-refractivity contribution in [2.24, 2.45) is 0 Å². The summed E-state index contributed by atoms with van der Waals surface area (Å²) in [6.45, 7) is 0.447. The van der Waals surface area contributed by atoms with E-state index >= 15 is 0 Å². The topological polar surface area (TPSA) is 49.4 Å². The van der Waals surface area contributed by atoms with Gasteiger partial charge in [-0.1, -0.05) is 28.1 Å². The lowest BCUT2D eigenvalue weighted by Crippen LogP contribution is -2.32. The van der Waals surface area contributed by atoms with Gasteiger partial charge in [0.2, 0.25) is 0 Å². The second-order valence-corrected chi connectivity index (χ2v) is 8.18. The fourth-order valence-electron chi connectivity index (χ4n) is 3.05. The number of benzene rings is 2. The summed E-state index contributed by atoms with van der Waals surface area (Å²) in [6, 6.07) is 12.1. The first-order chi connectivity index (χ1) is 13.0. The third kappa shape index (κ3) is 4.56. The predicted octanol–water partition coefficient (Wildman–Crippen LogP) is 4.29. The normalized spacial score (nSPS) is 16.1. The van der Waals surface area contributed by atoms with Crippen LogP contribution < -0.4 is 5.32 Å². The Hall–Kier alpha value is -2.21. The summed E-state index contributed by atoms with van der Waals surface area (Å²) >= 11 is 3.24. The largest absolute Gasteiger partial charge is 0.349 e. The predicted molar refractivity (Wildman–Crippen MR) is 104 cm³/mol. The molecular formula is C21H20BrFN2O2. The number of hydrogen-bond acceptors (Lipinski definition) is 2. The number of carbonyl (C=O) groups is 2. The molecule has 1 N–H and O–H groups in total. The maximum Gasteiger partial charge on any atom is 0.254 e. The van der Waals surface area contributed by atoms with Gasteiger partial charge in [0.15, 0.2) is 0 Å². The van der Waals surface area contributed by atoms with Gasteiger partial charge in [-0.3, -0.25) is 9.59 Å². The molecule has 0 atom stereocenters. The average molecular weight is 431 g/mol. The highest BCUT2D eigenvalue weighted by molar-refractivity contribution is 9.10. The molecule has 27 heavy (non-hydrogen) atoms. The van der Waals surface area contributed by atoms with Crippen molar-refractivity contribution in [2.45, 2.75) is 44.3 Å². The van der Waals surface area contributed by atoms with Crippen molar-refractivity contribution >= 4 is 27.7 Å². The summed E-state index contributed by atoms with van der Waals surface area (Å²) in [5.41, 5.74) is 1.92. The van der Waals surface area contributed by atoms with Gasteiger partial charge in [-0.25, -0.2) is 4.39 Å². The van der Waals surface area contributed by atoms with E-state index in [4.69, 9.17) is 0 Å². The molecule has 0 bridgehead atoms. The lowest BCUT2D eigenvalue weighted by atomic mass is 10.1. The van der Waals surface area contributed by atoms with Gasteiger partial charge in [0.25, 0.3) is 11.8 Å². The molecule has 6 heteroatoms. The molecule has 2 aliphatic rings. The molecule has 2 aromatic carbocycles. The Labute approximate surface area is 165 Å². The van der Waals surface area contributed by atoms with Crippen LogP contribution >= 0.6 is 15.9 Å². The fourth-order valence-corrected chi connectivity index (χ4v) is 3.52. The monoisotopic (exact) mass is 430 g/mol. The van der Waals surface area contributed by atoms with Crippen molar-refractivity contribution in [2.75, 3.05) is 0 Å². The van der Waals surface area contributed by atoms with E-state index < -0.39 is 5.82 Å². The molecule has 2 aromatic rings. The van der Waals surface area contributed by atoms with Gasteiger partial charge >= 0.3 is 0 Å². The van der Waals surface area contributed by atoms with Crippen LogP contribution in [0.25, 0.3) is 0 Å². The van der Waals surface area contributed by atoms with E-state index in [0.29, 0.717) is 28.2 Å². The number of nitrogens with zero attached hydrogens (tertiary/aromatic N) is 1. The van der Waals surface area contributed by atoms with E-state index in [0.717, 1.165) is 31.2 Å². The minimum atomic E-state index is -0.436. The molecule has 4 rings (SSSR count). The quantitative estimate of drug-likeness (QED) is 0.742. The zero-order valence-electron chi connectivity index (χ0n) is 14.8. The van der Waals surface area contributed by atoms with E-state index in [9.17, 15) is 14.0 Å². The first kappa shape index (κ1) is 18.2. The van der Waals surface area contributed by atoms with E-state index in [-0.39, 0.29) is 17.9 Å². The molecule has 0 unspecified atom stereocenters. The number of rotatable bonds is 6. The van der Waals surface area contributed by atoms with Gasteiger partial charge in [-0.15, -0.1) is 0 Å². The molecule has 2 fully saturated rings. The Balaban J connectivity index is 1.48. The Kier molecular flexibility index (Phi) is 5.00. The Morgan fingerprint density at radius 2 is 1.74 bits per heavy atom. The zero-order chi connectivity index (χ0) is 19.0. The van der Waals surface area contributed by atoms with Gasteiger partial charge in [0, 0.05) is 34.2 Å². The smallest absolute Gasteiger partial charge is 0.254 e. The van der Waals surface area contributed by atoms with Crippen LogP contribution in [0, 0.1) is 5.82 Å². The van der Waals surface area contributed by atoms with Crippen LogP contribution in [0.4, 0.5) is 4.39 Å². The van der Waals surface area contributed by atoms with E-state index in [1.165, 1.54) is 12.1 Å². The second kappa shape index (κ2) is 7.43. The van der Waals surface area contributed by atoms with Crippen molar-refractivity contribution in [1.82, 2.24) is 10.2 Å². The molecule has 0 spiro atoms. The lowest BCUT2D eigenvalue weighted by molar-refractivity contribution is 0.0729. The van der Waals surface area contributed by atoms with Crippen LogP contribution in [0.15, 0.2) is 46.9 Å². The number of carbonyl (C=O) groups excluding carboxylic acids is 2. The Morgan fingerprint density at radius 1 is 1.04 bits per heavy atom. The van der Waals surface area contributed by atoms with Crippen LogP contribution in [0.5, 0.6) is 0 Å². The van der Waals surface area contributed by atoms with E-state index in [1.807, 2.05) is 12.1 Å². The Morgan fingerprint density at radius 3 is 2.33 bits per heavy atom. The molecule has 0 radical (unpaired) electrons. The molecule has 0 heterocycles. The molecule has 0 saturated heterocycles. The third-order valence-electron chi connectivity index (χ3n) is 4.84. The van der Waals surface area contributed by atoms with Crippen LogP contribution in [0.2, 0.25) is 0 Å². The van der Waals surface area contributed by atoms with Crippen molar-refractivity contribution < 1.29 is 14.0 Å².